The lowest BCUT2D eigenvalue weighted by molar-refractivity contribution is 0.0732. The van der Waals surface area contributed by atoms with Crippen LogP contribution < -0.4 is 0 Å². The molecule has 26 heavy (non-hydrogen) atoms. The van der Waals surface area contributed by atoms with Crippen LogP contribution in [0.25, 0.3) is 11.0 Å². The van der Waals surface area contributed by atoms with Gasteiger partial charge in [-0.25, -0.2) is 18.2 Å². The third kappa shape index (κ3) is 3.56. The van der Waals surface area contributed by atoms with Gasteiger partial charge in [0.05, 0.1) is 17.6 Å². The minimum atomic E-state index is -3.46. The summed E-state index contributed by atoms with van der Waals surface area (Å²) in [6, 6.07) is 7.41. The number of carbonyl (C=O) groups is 1. The highest BCUT2D eigenvalue weighted by atomic mass is 32.2. The Balaban J connectivity index is 1.92. The van der Waals surface area contributed by atoms with E-state index in [0.29, 0.717) is 31.6 Å². The molecule has 8 heteroatoms. The molecule has 1 aliphatic rings. The summed E-state index contributed by atoms with van der Waals surface area (Å²) in [4.78, 5) is 18.2. The van der Waals surface area contributed by atoms with Crippen LogP contribution in [0.4, 0.5) is 4.79 Å². The second-order valence-corrected chi connectivity index (χ2v) is 8.83. The average molecular weight is 379 g/mol. The molecule has 2 unspecified atom stereocenters. The van der Waals surface area contributed by atoms with Crippen molar-refractivity contribution >= 4 is 27.0 Å². The standard InChI is InChI=1S/C18H25N3O4S/c1-4-11-25-18(22)20-10-9-15(13(2)12-20)21-16-8-6-5-7-14(16)19-17(21)26(3,23)24/h5-8,13,15H,4,9-12H2,1-3H3. The van der Waals surface area contributed by atoms with Crippen molar-refractivity contribution in [3.05, 3.63) is 24.3 Å². The minimum Gasteiger partial charge on any atom is -0.449 e. The van der Waals surface area contributed by atoms with Gasteiger partial charge < -0.3 is 14.2 Å². The summed E-state index contributed by atoms with van der Waals surface area (Å²) in [6.07, 6.45) is 2.34. The summed E-state index contributed by atoms with van der Waals surface area (Å²) in [5, 5.41) is 0.0950. The number of para-hydroxylation sites is 2. The predicted molar refractivity (Wildman–Crippen MR) is 98.9 cm³/mol. The number of ether oxygens (including phenoxy) is 1. The lowest BCUT2D eigenvalue weighted by Gasteiger charge is -2.37. The Kier molecular flexibility index (Phi) is 5.22. The molecule has 1 fully saturated rings. The van der Waals surface area contributed by atoms with Crippen molar-refractivity contribution in [2.75, 3.05) is 26.0 Å². The SMILES string of the molecule is CCCOC(=O)N1CCC(n2c(S(C)(=O)=O)nc3ccccc32)C(C)C1. The second kappa shape index (κ2) is 7.26. The number of hydrogen-bond donors (Lipinski definition) is 0. The monoisotopic (exact) mass is 379 g/mol. The molecule has 1 aromatic heterocycles. The van der Waals surface area contributed by atoms with E-state index in [0.717, 1.165) is 11.9 Å². The van der Waals surface area contributed by atoms with Crippen molar-refractivity contribution in [1.29, 1.82) is 0 Å². The molecule has 7 nitrogen and oxygen atoms in total. The number of likely N-dealkylation sites (tertiary alicyclic amines) is 1. The maximum atomic E-state index is 12.3. The molecule has 2 aromatic rings. The number of amides is 1. The molecule has 2 heterocycles. The van der Waals surface area contributed by atoms with Crippen molar-refractivity contribution in [2.24, 2.45) is 5.92 Å². The van der Waals surface area contributed by atoms with Crippen LogP contribution in [0.2, 0.25) is 0 Å². The molecule has 0 saturated carbocycles. The molecule has 0 radical (unpaired) electrons. The number of carbonyl (C=O) groups excluding carboxylic acids is 1. The average Bonchev–Trinajstić information content (AvgIpc) is 2.99. The normalized spacial score (nSPS) is 21.1. The molecule has 2 atom stereocenters. The first kappa shape index (κ1) is 18.7. The smallest absolute Gasteiger partial charge is 0.409 e. The van der Waals surface area contributed by atoms with Gasteiger partial charge in [-0.05, 0) is 30.9 Å². The van der Waals surface area contributed by atoms with Crippen LogP contribution in [0.5, 0.6) is 0 Å². The Morgan fingerprint density at radius 1 is 1.35 bits per heavy atom. The molecule has 0 N–H and O–H groups in total. The Bertz CT molecular complexity index is 906. The summed E-state index contributed by atoms with van der Waals surface area (Å²) in [5.41, 5.74) is 1.48. The molecule has 142 valence electrons. The predicted octanol–water partition coefficient (Wildman–Crippen LogP) is 2.87. The molecule has 1 aromatic carbocycles. The van der Waals surface area contributed by atoms with Gasteiger partial charge in [-0.15, -0.1) is 0 Å². The Morgan fingerprint density at radius 2 is 2.08 bits per heavy atom. The van der Waals surface area contributed by atoms with Crippen LogP contribution in [0, 0.1) is 5.92 Å². The molecule has 0 spiro atoms. The fourth-order valence-electron chi connectivity index (χ4n) is 3.57. The molecular weight excluding hydrogens is 354 g/mol. The molecule has 1 amide bonds. The molecule has 1 aliphatic heterocycles. The van der Waals surface area contributed by atoms with Crippen LogP contribution in [0.3, 0.4) is 0 Å². The third-order valence-corrected chi connectivity index (χ3v) is 5.73. The quantitative estimate of drug-likeness (QED) is 0.816. The summed E-state index contributed by atoms with van der Waals surface area (Å²) in [6.45, 7) is 5.47. The van der Waals surface area contributed by atoms with E-state index in [1.807, 2.05) is 42.7 Å². The van der Waals surface area contributed by atoms with E-state index < -0.39 is 9.84 Å². The van der Waals surface area contributed by atoms with E-state index in [9.17, 15) is 13.2 Å². The first-order valence-corrected chi connectivity index (χ1v) is 10.8. The third-order valence-electron chi connectivity index (χ3n) is 4.77. The first-order valence-electron chi connectivity index (χ1n) is 8.91. The first-order chi connectivity index (χ1) is 12.3. The van der Waals surface area contributed by atoms with Gasteiger partial charge >= 0.3 is 6.09 Å². The van der Waals surface area contributed by atoms with E-state index in [2.05, 4.69) is 4.98 Å². The van der Waals surface area contributed by atoms with E-state index in [1.165, 1.54) is 6.26 Å². The van der Waals surface area contributed by atoms with E-state index in [1.54, 1.807) is 4.90 Å². The number of hydrogen-bond acceptors (Lipinski definition) is 5. The number of aromatic nitrogens is 2. The van der Waals surface area contributed by atoms with Crippen LogP contribution in [-0.4, -0.2) is 54.9 Å². The fourth-order valence-corrected chi connectivity index (χ4v) is 4.42. The van der Waals surface area contributed by atoms with Crippen molar-refractivity contribution < 1.29 is 17.9 Å². The minimum absolute atomic E-state index is 0.0395. The molecule has 3 rings (SSSR count). The number of piperidine rings is 1. The van der Waals surface area contributed by atoms with Crippen molar-refractivity contribution in [3.8, 4) is 0 Å². The van der Waals surface area contributed by atoms with Gasteiger partial charge in [-0.3, -0.25) is 0 Å². The Morgan fingerprint density at radius 3 is 2.73 bits per heavy atom. The summed E-state index contributed by atoms with van der Waals surface area (Å²) < 4.78 is 31.7. The zero-order valence-electron chi connectivity index (χ0n) is 15.4. The molecular formula is C18H25N3O4S. The number of benzene rings is 1. The molecule has 0 bridgehead atoms. The maximum absolute atomic E-state index is 12.3. The molecule has 0 aliphatic carbocycles. The highest BCUT2D eigenvalue weighted by molar-refractivity contribution is 7.90. The van der Waals surface area contributed by atoms with Crippen LogP contribution in [0.1, 0.15) is 32.7 Å². The van der Waals surface area contributed by atoms with Crippen LogP contribution in [-0.2, 0) is 14.6 Å². The topological polar surface area (TPSA) is 81.5 Å². The number of rotatable bonds is 4. The number of sulfone groups is 1. The van der Waals surface area contributed by atoms with Crippen molar-refractivity contribution in [1.82, 2.24) is 14.5 Å². The fraction of sp³-hybridized carbons (Fsp3) is 0.556. The summed E-state index contributed by atoms with van der Waals surface area (Å²) >= 11 is 0. The maximum Gasteiger partial charge on any atom is 0.409 e. The van der Waals surface area contributed by atoms with E-state index >= 15 is 0 Å². The molecule has 1 saturated heterocycles. The second-order valence-electron chi connectivity index (χ2n) is 6.92. The zero-order valence-corrected chi connectivity index (χ0v) is 16.2. The van der Waals surface area contributed by atoms with Crippen molar-refractivity contribution in [2.45, 2.75) is 37.9 Å². The number of nitrogens with zero attached hydrogens (tertiary/aromatic N) is 3. The highest BCUT2D eigenvalue weighted by Crippen LogP contribution is 2.34. The number of fused-ring (bicyclic) bond motifs is 1. The lowest BCUT2D eigenvalue weighted by Crippen LogP contribution is -2.44. The van der Waals surface area contributed by atoms with Gasteiger partial charge in [0.2, 0.25) is 15.0 Å². The largest absolute Gasteiger partial charge is 0.449 e. The lowest BCUT2D eigenvalue weighted by atomic mass is 9.93. The Hall–Kier alpha value is -2.09. The zero-order chi connectivity index (χ0) is 18.9. The van der Waals surface area contributed by atoms with Crippen LogP contribution in [0.15, 0.2) is 29.4 Å². The summed E-state index contributed by atoms with van der Waals surface area (Å²) in [5.74, 6) is 0.0797. The van der Waals surface area contributed by atoms with Gasteiger partial charge in [0.25, 0.3) is 0 Å². The van der Waals surface area contributed by atoms with Crippen LogP contribution >= 0.6 is 0 Å². The van der Waals surface area contributed by atoms with E-state index in [-0.39, 0.29) is 23.2 Å². The van der Waals surface area contributed by atoms with Gasteiger partial charge in [0.1, 0.15) is 0 Å². The van der Waals surface area contributed by atoms with Gasteiger partial charge in [0.15, 0.2) is 0 Å². The van der Waals surface area contributed by atoms with Gasteiger partial charge in [-0.2, -0.15) is 0 Å². The van der Waals surface area contributed by atoms with Gasteiger partial charge in [0, 0.05) is 25.4 Å². The summed E-state index contributed by atoms with van der Waals surface area (Å²) in [7, 11) is -3.46. The number of imidazole rings is 1. The van der Waals surface area contributed by atoms with Crippen molar-refractivity contribution in [3.63, 3.8) is 0 Å². The Labute approximate surface area is 153 Å². The van der Waals surface area contributed by atoms with Gasteiger partial charge in [-0.1, -0.05) is 26.0 Å². The highest BCUT2D eigenvalue weighted by Gasteiger charge is 2.34. The van der Waals surface area contributed by atoms with E-state index in [4.69, 9.17) is 4.74 Å².